The SMILES string of the molecule is CCOC(=O)COc1ccc(-c2nc(C)cs2)cc1. The second kappa shape index (κ2) is 6.33. The Morgan fingerprint density at radius 2 is 2.05 bits per heavy atom. The maximum absolute atomic E-state index is 11.2. The first-order chi connectivity index (χ1) is 9.19. The summed E-state index contributed by atoms with van der Waals surface area (Å²) < 4.78 is 10.1. The van der Waals surface area contributed by atoms with Crippen LogP contribution in [0.25, 0.3) is 10.6 Å². The van der Waals surface area contributed by atoms with Gasteiger partial charge in [0.1, 0.15) is 10.8 Å². The molecule has 0 radical (unpaired) electrons. The zero-order valence-corrected chi connectivity index (χ0v) is 11.7. The number of ether oxygens (including phenoxy) is 2. The zero-order valence-electron chi connectivity index (χ0n) is 10.9. The van der Waals surface area contributed by atoms with Crippen LogP contribution < -0.4 is 4.74 Å². The maximum Gasteiger partial charge on any atom is 0.344 e. The number of hydrogen-bond donors (Lipinski definition) is 0. The van der Waals surface area contributed by atoms with Crippen LogP contribution in [-0.2, 0) is 9.53 Å². The van der Waals surface area contributed by atoms with Crippen molar-refractivity contribution in [3.8, 4) is 16.3 Å². The number of esters is 1. The van der Waals surface area contributed by atoms with Crippen LogP contribution in [0.1, 0.15) is 12.6 Å². The maximum atomic E-state index is 11.2. The number of thiazole rings is 1. The highest BCUT2D eigenvalue weighted by Crippen LogP contribution is 2.25. The number of rotatable bonds is 5. The van der Waals surface area contributed by atoms with Gasteiger partial charge in [-0.15, -0.1) is 11.3 Å². The predicted octanol–water partition coefficient (Wildman–Crippen LogP) is 3.06. The van der Waals surface area contributed by atoms with E-state index in [0.29, 0.717) is 12.4 Å². The van der Waals surface area contributed by atoms with Gasteiger partial charge in [0.15, 0.2) is 6.61 Å². The van der Waals surface area contributed by atoms with Gasteiger partial charge in [0.05, 0.1) is 6.61 Å². The molecule has 0 N–H and O–H groups in total. The molecule has 100 valence electrons. The number of benzene rings is 1. The number of hydrogen-bond acceptors (Lipinski definition) is 5. The summed E-state index contributed by atoms with van der Waals surface area (Å²) in [7, 11) is 0. The van der Waals surface area contributed by atoms with Crippen LogP contribution in [0, 0.1) is 6.92 Å². The summed E-state index contributed by atoms with van der Waals surface area (Å²) in [5.41, 5.74) is 2.06. The molecule has 1 aromatic carbocycles. The van der Waals surface area contributed by atoms with Crippen molar-refractivity contribution >= 4 is 17.3 Å². The number of aromatic nitrogens is 1. The number of nitrogens with zero attached hydrogens (tertiary/aromatic N) is 1. The van der Waals surface area contributed by atoms with Crippen molar-refractivity contribution in [2.75, 3.05) is 13.2 Å². The summed E-state index contributed by atoms with van der Waals surface area (Å²) in [6.07, 6.45) is 0. The first-order valence-corrected chi connectivity index (χ1v) is 6.88. The molecule has 1 aromatic heterocycles. The van der Waals surface area contributed by atoms with E-state index < -0.39 is 0 Å². The molecule has 1 heterocycles. The standard InChI is InChI=1S/C14H15NO3S/c1-3-17-13(16)8-18-12-6-4-11(5-7-12)14-15-10(2)9-19-14/h4-7,9H,3,8H2,1-2H3. The summed E-state index contributed by atoms with van der Waals surface area (Å²) in [5, 5.41) is 3.00. The van der Waals surface area contributed by atoms with E-state index >= 15 is 0 Å². The van der Waals surface area contributed by atoms with Crippen molar-refractivity contribution in [3.63, 3.8) is 0 Å². The van der Waals surface area contributed by atoms with E-state index in [1.165, 1.54) is 0 Å². The third-order valence-corrected chi connectivity index (χ3v) is 3.39. The number of aryl methyl sites for hydroxylation is 1. The van der Waals surface area contributed by atoms with E-state index in [9.17, 15) is 4.79 Å². The Kier molecular flexibility index (Phi) is 4.52. The van der Waals surface area contributed by atoms with Crippen molar-refractivity contribution in [1.82, 2.24) is 4.98 Å². The fourth-order valence-corrected chi connectivity index (χ4v) is 2.33. The quantitative estimate of drug-likeness (QED) is 0.788. The molecule has 0 saturated carbocycles. The molecule has 0 saturated heterocycles. The van der Waals surface area contributed by atoms with Gasteiger partial charge in [-0.25, -0.2) is 9.78 Å². The Bertz CT molecular complexity index is 548. The van der Waals surface area contributed by atoms with E-state index in [1.54, 1.807) is 18.3 Å². The van der Waals surface area contributed by atoms with Gasteiger partial charge in [-0.2, -0.15) is 0 Å². The summed E-state index contributed by atoms with van der Waals surface area (Å²) in [4.78, 5) is 15.6. The van der Waals surface area contributed by atoms with Crippen LogP contribution in [0.3, 0.4) is 0 Å². The third kappa shape index (κ3) is 3.79. The summed E-state index contributed by atoms with van der Waals surface area (Å²) >= 11 is 1.61. The Hall–Kier alpha value is -1.88. The van der Waals surface area contributed by atoms with Crippen molar-refractivity contribution in [1.29, 1.82) is 0 Å². The molecule has 0 atom stereocenters. The minimum absolute atomic E-state index is 0.0659. The smallest absolute Gasteiger partial charge is 0.344 e. The Balaban J connectivity index is 1.97. The Morgan fingerprint density at radius 3 is 2.63 bits per heavy atom. The van der Waals surface area contributed by atoms with Gasteiger partial charge in [-0.3, -0.25) is 0 Å². The monoisotopic (exact) mass is 277 g/mol. The lowest BCUT2D eigenvalue weighted by Crippen LogP contribution is -2.14. The first-order valence-electron chi connectivity index (χ1n) is 6.00. The van der Waals surface area contributed by atoms with Crippen LogP contribution in [0.5, 0.6) is 5.75 Å². The molecule has 0 aliphatic carbocycles. The van der Waals surface area contributed by atoms with Crippen LogP contribution in [0.2, 0.25) is 0 Å². The molecule has 0 aliphatic rings. The minimum atomic E-state index is -0.359. The lowest BCUT2D eigenvalue weighted by atomic mass is 10.2. The average molecular weight is 277 g/mol. The molecular weight excluding hydrogens is 262 g/mol. The second-order valence-corrected chi connectivity index (χ2v) is 4.77. The zero-order chi connectivity index (χ0) is 13.7. The highest BCUT2D eigenvalue weighted by Gasteiger charge is 2.05. The van der Waals surface area contributed by atoms with Crippen LogP contribution in [-0.4, -0.2) is 24.2 Å². The minimum Gasteiger partial charge on any atom is -0.482 e. The summed E-state index contributed by atoms with van der Waals surface area (Å²) in [6, 6.07) is 7.51. The predicted molar refractivity (Wildman–Crippen MR) is 74.4 cm³/mol. The second-order valence-electron chi connectivity index (χ2n) is 3.91. The van der Waals surface area contributed by atoms with Crippen molar-refractivity contribution in [2.45, 2.75) is 13.8 Å². The van der Waals surface area contributed by atoms with E-state index in [-0.39, 0.29) is 12.6 Å². The van der Waals surface area contributed by atoms with Gasteiger partial charge in [0.25, 0.3) is 0 Å². The average Bonchev–Trinajstić information content (AvgIpc) is 2.84. The summed E-state index contributed by atoms with van der Waals surface area (Å²) in [6.45, 7) is 4.04. The highest BCUT2D eigenvalue weighted by atomic mass is 32.1. The number of carbonyl (C=O) groups excluding carboxylic acids is 1. The van der Waals surface area contributed by atoms with Crippen LogP contribution >= 0.6 is 11.3 Å². The van der Waals surface area contributed by atoms with Gasteiger partial charge in [-0.05, 0) is 38.1 Å². The molecule has 2 aromatic rings. The van der Waals surface area contributed by atoms with Gasteiger partial charge in [-0.1, -0.05) is 0 Å². The molecule has 0 bridgehead atoms. The molecule has 0 fully saturated rings. The van der Waals surface area contributed by atoms with Crippen LogP contribution in [0.15, 0.2) is 29.6 Å². The number of carbonyl (C=O) groups is 1. The molecular formula is C14H15NO3S. The highest BCUT2D eigenvalue weighted by molar-refractivity contribution is 7.13. The molecule has 0 amide bonds. The largest absolute Gasteiger partial charge is 0.482 e. The lowest BCUT2D eigenvalue weighted by Gasteiger charge is -2.06. The molecule has 0 spiro atoms. The molecule has 2 rings (SSSR count). The van der Waals surface area contributed by atoms with E-state index in [2.05, 4.69) is 4.98 Å². The Morgan fingerprint density at radius 1 is 1.32 bits per heavy atom. The van der Waals surface area contributed by atoms with E-state index in [4.69, 9.17) is 9.47 Å². The van der Waals surface area contributed by atoms with Gasteiger partial charge in [0, 0.05) is 16.6 Å². The topological polar surface area (TPSA) is 48.4 Å². The molecule has 4 nitrogen and oxygen atoms in total. The summed E-state index contributed by atoms with van der Waals surface area (Å²) in [5.74, 6) is 0.284. The van der Waals surface area contributed by atoms with Gasteiger partial charge in [0.2, 0.25) is 0 Å². The van der Waals surface area contributed by atoms with Crippen LogP contribution in [0.4, 0.5) is 0 Å². The normalized spacial score (nSPS) is 10.2. The van der Waals surface area contributed by atoms with E-state index in [0.717, 1.165) is 16.3 Å². The molecule has 19 heavy (non-hydrogen) atoms. The molecule has 0 aliphatic heterocycles. The lowest BCUT2D eigenvalue weighted by molar-refractivity contribution is -0.145. The molecule has 0 unspecified atom stereocenters. The van der Waals surface area contributed by atoms with Crippen molar-refractivity contribution < 1.29 is 14.3 Å². The third-order valence-electron chi connectivity index (χ3n) is 2.38. The Labute approximate surface area is 116 Å². The van der Waals surface area contributed by atoms with E-state index in [1.807, 2.05) is 36.6 Å². The fourth-order valence-electron chi connectivity index (χ4n) is 1.53. The van der Waals surface area contributed by atoms with Gasteiger partial charge >= 0.3 is 5.97 Å². The van der Waals surface area contributed by atoms with Crippen molar-refractivity contribution in [2.24, 2.45) is 0 Å². The van der Waals surface area contributed by atoms with Crippen molar-refractivity contribution in [3.05, 3.63) is 35.3 Å². The fraction of sp³-hybridized carbons (Fsp3) is 0.286. The van der Waals surface area contributed by atoms with Gasteiger partial charge < -0.3 is 9.47 Å². The molecule has 5 heteroatoms. The first kappa shape index (κ1) is 13.5.